The molecule has 4 rings (SSSR count). The van der Waals surface area contributed by atoms with Crippen molar-refractivity contribution in [2.45, 2.75) is 20.0 Å². The highest BCUT2D eigenvalue weighted by Gasteiger charge is 2.22. The summed E-state index contributed by atoms with van der Waals surface area (Å²) in [4.78, 5) is 45.6. The van der Waals surface area contributed by atoms with Gasteiger partial charge in [-0.2, -0.15) is 0 Å². The standard InChI is InChI=1S/C26H22N4O4/c1-16(25(32)29-20-11-9-19(10-12-20)28-17(2)31)34-26(33)22-14-24(18-6-5-13-27-15-18)30-23-8-4-3-7-21(22)23/h3-16H,1-2H3,(H,28,31)(H,29,32). The summed E-state index contributed by atoms with van der Waals surface area (Å²) in [5.41, 5.74) is 3.40. The van der Waals surface area contributed by atoms with E-state index in [9.17, 15) is 14.4 Å². The first-order valence-electron chi connectivity index (χ1n) is 10.6. The summed E-state index contributed by atoms with van der Waals surface area (Å²) in [6.45, 7) is 2.92. The molecule has 0 spiro atoms. The molecule has 170 valence electrons. The first-order chi connectivity index (χ1) is 16.4. The van der Waals surface area contributed by atoms with Crippen LogP contribution in [0.2, 0.25) is 0 Å². The van der Waals surface area contributed by atoms with E-state index in [0.717, 1.165) is 5.56 Å². The van der Waals surface area contributed by atoms with Gasteiger partial charge in [0, 0.05) is 41.6 Å². The number of anilines is 2. The highest BCUT2D eigenvalue weighted by atomic mass is 16.5. The van der Waals surface area contributed by atoms with Gasteiger partial charge in [0.25, 0.3) is 5.91 Å². The van der Waals surface area contributed by atoms with E-state index < -0.39 is 18.0 Å². The molecule has 2 N–H and O–H groups in total. The van der Waals surface area contributed by atoms with Gasteiger partial charge in [0.1, 0.15) is 0 Å². The Bertz CT molecular complexity index is 1350. The van der Waals surface area contributed by atoms with E-state index >= 15 is 0 Å². The van der Waals surface area contributed by atoms with E-state index in [0.29, 0.717) is 33.5 Å². The predicted octanol–water partition coefficient (Wildman–Crippen LogP) is 4.44. The number of para-hydroxylation sites is 1. The molecule has 34 heavy (non-hydrogen) atoms. The minimum absolute atomic E-state index is 0.187. The molecule has 1 atom stereocenters. The quantitative estimate of drug-likeness (QED) is 0.417. The van der Waals surface area contributed by atoms with Crippen molar-refractivity contribution in [2.24, 2.45) is 0 Å². The summed E-state index contributed by atoms with van der Waals surface area (Å²) in [6.07, 6.45) is 2.28. The van der Waals surface area contributed by atoms with Gasteiger partial charge < -0.3 is 15.4 Å². The monoisotopic (exact) mass is 454 g/mol. The number of amides is 2. The molecule has 1 unspecified atom stereocenters. The number of nitrogens with zero attached hydrogens (tertiary/aromatic N) is 2. The Balaban J connectivity index is 1.52. The van der Waals surface area contributed by atoms with Gasteiger partial charge in [0.2, 0.25) is 5.91 Å². The van der Waals surface area contributed by atoms with E-state index in [1.165, 1.54) is 13.8 Å². The number of hydrogen-bond acceptors (Lipinski definition) is 6. The van der Waals surface area contributed by atoms with Crippen molar-refractivity contribution < 1.29 is 19.1 Å². The van der Waals surface area contributed by atoms with E-state index in [4.69, 9.17) is 4.74 Å². The van der Waals surface area contributed by atoms with Crippen LogP contribution in [0.25, 0.3) is 22.2 Å². The lowest BCUT2D eigenvalue weighted by molar-refractivity contribution is -0.123. The number of carbonyl (C=O) groups is 3. The van der Waals surface area contributed by atoms with Crippen molar-refractivity contribution in [3.05, 3.63) is 84.7 Å². The number of ether oxygens (including phenoxy) is 1. The van der Waals surface area contributed by atoms with Crippen molar-refractivity contribution in [3.63, 3.8) is 0 Å². The van der Waals surface area contributed by atoms with Crippen LogP contribution in [0.1, 0.15) is 24.2 Å². The molecule has 2 heterocycles. The molecule has 0 aliphatic rings. The molecule has 0 saturated heterocycles. The van der Waals surface area contributed by atoms with Crippen LogP contribution >= 0.6 is 0 Å². The number of rotatable bonds is 6. The number of benzene rings is 2. The molecular formula is C26H22N4O4. The number of nitrogens with one attached hydrogen (secondary N) is 2. The summed E-state index contributed by atoms with van der Waals surface area (Å²) in [6, 6.07) is 19.2. The SMILES string of the molecule is CC(=O)Nc1ccc(NC(=O)C(C)OC(=O)c2cc(-c3cccnc3)nc3ccccc23)cc1. The fourth-order valence-corrected chi connectivity index (χ4v) is 3.37. The molecule has 0 radical (unpaired) electrons. The van der Waals surface area contributed by atoms with E-state index in [1.807, 2.05) is 24.3 Å². The fourth-order valence-electron chi connectivity index (χ4n) is 3.37. The van der Waals surface area contributed by atoms with Gasteiger partial charge in [-0.15, -0.1) is 0 Å². The molecule has 0 saturated carbocycles. The molecule has 0 aliphatic heterocycles. The average molecular weight is 454 g/mol. The molecule has 2 amide bonds. The zero-order chi connectivity index (χ0) is 24.1. The molecule has 2 aromatic carbocycles. The normalized spacial score (nSPS) is 11.5. The van der Waals surface area contributed by atoms with Gasteiger partial charge in [-0.1, -0.05) is 18.2 Å². The third kappa shape index (κ3) is 5.24. The topological polar surface area (TPSA) is 110 Å². The van der Waals surface area contributed by atoms with Crippen LogP contribution in [-0.4, -0.2) is 33.9 Å². The lowest BCUT2D eigenvalue weighted by Crippen LogP contribution is -2.30. The molecule has 8 heteroatoms. The maximum absolute atomic E-state index is 13.1. The van der Waals surface area contributed by atoms with Crippen LogP contribution < -0.4 is 10.6 Å². The van der Waals surface area contributed by atoms with Crippen LogP contribution in [-0.2, 0) is 14.3 Å². The number of esters is 1. The van der Waals surface area contributed by atoms with Crippen molar-refractivity contribution in [1.82, 2.24) is 9.97 Å². The minimum Gasteiger partial charge on any atom is -0.449 e. The van der Waals surface area contributed by atoms with Gasteiger partial charge in [-0.05, 0) is 55.5 Å². The van der Waals surface area contributed by atoms with Crippen molar-refractivity contribution in [2.75, 3.05) is 10.6 Å². The number of hydrogen-bond donors (Lipinski definition) is 2. The number of aromatic nitrogens is 2. The Kier molecular flexibility index (Phi) is 6.59. The van der Waals surface area contributed by atoms with Crippen LogP contribution in [0.15, 0.2) is 79.1 Å². The molecule has 0 fully saturated rings. The van der Waals surface area contributed by atoms with Gasteiger partial charge in [-0.3, -0.25) is 14.6 Å². The minimum atomic E-state index is -1.05. The number of fused-ring (bicyclic) bond motifs is 1. The van der Waals surface area contributed by atoms with Gasteiger partial charge in [0.05, 0.1) is 16.8 Å². The second-order valence-electron chi connectivity index (χ2n) is 7.61. The highest BCUT2D eigenvalue weighted by Crippen LogP contribution is 2.25. The lowest BCUT2D eigenvalue weighted by Gasteiger charge is -2.15. The van der Waals surface area contributed by atoms with Crippen LogP contribution in [0.5, 0.6) is 0 Å². The largest absolute Gasteiger partial charge is 0.449 e. The maximum Gasteiger partial charge on any atom is 0.339 e. The van der Waals surface area contributed by atoms with Gasteiger partial charge >= 0.3 is 5.97 Å². The maximum atomic E-state index is 13.1. The smallest absolute Gasteiger partial charge is 0.339 e. The van der Waals surface area contributed by atoms with Gasteiger partial charge in [-0.25, -0.2) is 9.78 Å². The first kappa shape index (κ1) is 22.6. The Morgan fingerprint density at radius 2 is 1.62 bits per heavy atom. The fraction of sp³-hybridized carbons (Fsp3) is 0.115. The van der Waals surface area contributed by atoms with Crippen molar-refractivity contribution in [3.8, 4) is 11.3 Å². The van der Waals surface area contributed by atoms with Crippen molar-refractivity contribution in [1.29, 1.82) is 0 Å². The summed E-state index contributed by atoms with van der Waals surface area (Å²) in [5.74, 6) is -1.30. The van der Waals surface area contributed by atoms with E-state index in [2.05, 4.69) is 20.6 Å². The highest BCUT2D eigenvalue weighted by molar-refractivity contribution is 6.06. The van der Waals surface area contributed by atoms with Gasteiger partial charge in [0.15, 0.2) is 6.10 Å². The van der Waals surface area contributed by atoms with Crippen LogP contribution in [0.4, 0.5) is 11.4 Å². The second-order valence-corrected chi connectivity index (χ2v) is 7.61. The molecule has 8 nitrogen and oxygen atoms in total. The summed E-state index contributed by atoms with van der Waals surface area (Å²) in [5, 5.41) is 5.98. The molecular weight excluding hydrogens is 432 g/mol. The Morgan fingerprint density at radius 1 is 0.912 bits per heavy atom. The molecule has 0 bridgehead atoms. The zero-order valence-corrected chi connectivity index (χ0v) is 18.6. The average Bonchev–Trinajstić information content (AvgIpc) is 2.84. The molecule has 2 aromatic heterocycles. The molecule has 0 aliphatic carbocycles. The zero-order valence-electron chi connectivity index (χ0n) is 18.6. The Hall–Kier alpha value is -4.59. The Labute approximate surface area is 196 Å². The summed E-state index contributed by atoms with van der Waals surface area (Å²) >= 11 is 0. The van der Waals surface area contributed by atoms with Crippen LogP contribution in [0.3, 0.4) is 0 Å². The summed E-state index contributed by atoms with van der Waals surface area (Å²) < 4.78 is 5.49. The third-order valence-corrected chi connectivity index (χ3v) is 5.02. The van der Waals surface area contributed by atoms with E-state index in [1.54, 1.807) is 54.9 Å². The second kappa shape index (κ2) is 9.91. The first-order valence-corrected chi connectivity index (χ1v) is 10.6. The van der Waals surface area contributed by atoms with Crippen molar-refractivity contribution >= 4 is 40.1 Å². The predicted molar refractivity (Wildman–Crippen MR) is 129 cm³/mol. The summed E-state index contributed by atoms with van der Waals surface area (Å²) in [7, 11) is 0. The number of carbonyl (C=O) groups excluding carboxylic acids is 3. The molecule has 4 aromatic rings. The Morgan fingerprint density at radius 3 is 2.29 bits per heavy atom. The third-order valence-electron chi connectivity index (χ3n) is 5.02. The van der Waals surface area contributed by atoms with E-state index in [-0.39, 0.29) is 5.91 Å². The lowest BCUT2D eigenvalue weighted by atomic mass is 10.0. The van der Waals surface area contributed by atoms with Crippen LogP contribution in [0, 0.1) is 0 Å². The number of pyridine rings is 2.